The lowest BCUT2D eigenvalue weighted by molar-refractivity contribution is 0.274. The monoisotopic (exact) mass is 280 g/mol. The Labute approximate surface area is 123 Å². The Hall–Kier alpha value is -2.46. The summed E-state index contributed by atoms with van der Waals surface area (Å²) in [7, 11) is 0. The highest BCUT2D eigenvalue weighted by Gasteiger charge is 2.11. The summed E-state index contributed by atoms with van der Waals surface area (Å²) in [6.07, 6.45) is 1.67. The van der Waals surface area contributed by atoms with E-state index in [9.17, 15) is 5.11 Å². The number of pyridine rings is 2. The molecule has 0 bridgehead atoms. The minimum absolute atomic E-state index is 0.102. The smallest absolute Gasteiger partial charge is 0.225 e. The molecule has 4 nitrogen and oxygen atoms in total. The van der Waals surface area contributed by atoms with E-state index in [1.54, 1.807) is 6.20 Å². The van der Waals surface area contributed by atoms with Gasteiger partial charge in [0, 0.05) is 16.6 Å². The molecule has 0 saturated heterocycles. The molecule has 0 aliphatic heterocycles. The molecule has 2 heterocycles. The topological polar surface area (TPSA) is 55.2 Å². The van der Waals surface area contributed by atoms with E-state index >= 15 is 0 Å². The molecule has 1 aromatic carbocycles. The molecule has 0 atom stereocenters. The summed E-state index contributed by atoms with van der Waals surface area (Å²) >= 11 is 0. The van der Waals surface area contributed by atoms with Crippen molar-refractivity contribution in [2.45, 2.75) is 20.5 Å². The van der Waals surface area contributed by atoms with Gasteiger partial charge in [-0.25, -0.2) is 4.98 Å². The average molecular weight is 280 g/mol. The standard InChI is InChI=1S/C17H16N2O2/c1-11-7-12(2)19-17(15(11)10-20)21-14-8-13-5-3-4-6-16(13)18-9-14/h3-9,20H,10H2,1-2H3. The highest BCUT2D eigenvalue weighted by atomic mass is 16.5. The fourth-order valence-corrected chi connectivity index (χ4v) is 2.32. The highest BCUT2D eigenvalue weighted by molar-refractivity contribution is 5.79. The number of ether oxygens (including phenoxy) is 1. The van der Waals surface area contributed by atoms with Gasteiger partial charge in [0.15, 0.2) is 0 Å². The summed E-state index contributed by atoms with van der Waals surface area (Å²) in [5.41, 5.74) is 3.44. The number of hydrogen-bond donors (Lipinski definition) is 1. The van der Waals surface area contributed by atoms with Gasteiger partial charge in [0.1, 0.15) is 5.75 Å². The van der Waals surface area contributed by atoms with Gasteiger partial charge >= 0.3 is 0 Å². The number of para-hydroxylation sites is 1. The molecule has 0 spiro atoms. The maximum absolute atomic E-state index is 9.50. The van der Waals surface area contributed by atoms with Crippen molar-refractivity contribution >= 4 is 10.9 Å². The number of aliphatic hydroxyl groups is 1. The first-order chi connectivity index (χ1) is 10.2. The number of aryl methyl sites for hydroxylation is 2. The van der Waals surface area contributed by atoms with Crippen LogP contribution < -0.4 is 4.74 Å². The Morgan fingerprint density at radius 2 is 1.95 bits per heavy atom. The van der Waals surface area contributed by atoms with Crippen LogP contribution in [0.25, 0.3) is 10.9 Å². The lowest BCUT2D eigenvalue weighted by Crippen LogP contribution is -2.00. The molecular weight excluding hydrogens is 264 g/mol. The van der Waals surface area contributed by atoms with Gasteiger partial charge in [-0.05, 0) is 37.6 Å². The van der Waals surface area contributed by atoms with Crippen LogP contribution in [-0.4, -0.2) is 15.1 Å². The van der Waals surface area contributed by atoms with Crippen LogP contribution in [0, 0.1) is 13.8 Å². The van der Waals surface area contributed by atoms with E-state index in [0.717, 1.165) is 22.2 Å². The lowest BCUT2D eigenvalue weighted by atomic mass is 10.1. The molecule has 2 aromatic heterocycles. The van der Waals surface area contributed by atoms with Crippen molar-refractivity contribution in [2.75, 3.05) is 0 Å². The molecule has 0 unspecified atom stereocenters. The van der Waals surface area contributed by atoms with Gasteiger partial charge in [-0.2, -0.15) is 0 Å². The molecule has 3 rings (SSSR count). The quantitative estimate of drug-likeness (QED) is 0.797. The van der Waals surface area contributed by atoms with Gasteiger partial charge in [0.2, 0.25) is 5.88 Å². The molecule has 106 valence electrons. The minimum atomic E-state index is -0.102. The third-order valence-electron chi connectivity index (χ3n) is 3.38. The third-order valence-corrected chi connectivity index (χ3v) is 3.38. The SMILES string of the molecule is Cc1cc(C)c(CO)c(Oc2cnc3ccccc3c2)n1. The summed E-state index contributed by atoms with van der Waals surface area (Å²) < 4.78 is 5.84. The first-order valence-corrected chi connectivity index (χ1v) is 6.78. The number of aromatic nitrogens is 2. The molecule has 0 radical (unpaired) electrons. The summed E-state index contributed by atoms with van der Waals surface area (Å²) in [4.78, 5) is 8.73. The molecule has 0 aliphatic carbocycles. The van der Waals surface area contributed by atoms with Crippen LogP contribution in [0.1, 0.15) is 16.8 Å². The van der Waals surface area contributed by atoms with E-state index < -0.39 is 0 Å². The molecule has 4 heteroatoms. The highest BCUT2D eigenvalue weighted by Crippen LogP contribution is 2.27. The number of hydrogen-bond acceptors (Lipinski definition) is 4. The predicted octanol–water partition coefficient (Wildman–Crippen LogP) is 3.53. The van der Waals surface area contributed by atoms with E-state index in [1.165, 1.54) is 0 Å². The van der Waals surface area contributed by atoms with E-state index in [2.05, 4.69) is 9.97 Å². The van der Waals surface area contributed by atoms with Crippen molar-refractivity contribution in [1.29, 1.82) is 0 Å². The normalized spacial score (nSPS) is 10.8. The maximum Gasteiger partial charge on any atom is 0.225 e. The van der Waals surface area contributed by atoms with Crippen LogP contribution in [0.4, 0.5) is 0 Å². The first-order valence-electron chi connectivity index (χ1n) is 6.78. The number of benzene rings is 1. The fraction of sp³-hybridized carbons (Fsp3) is 0.176. The predicted molar refractivity (Wildman–Crippen MR) is 81.5 cm³/mol. The maximum atomic E-state index is 9.50. The largest absolute Gasteiger partial charge is 0.437 e. The van der Waals surface area contributed by atoms with Crippen LogP contribution in [0.5, 0.6) is 11.6 Å². The average Bonchev–Trinajstić information content (AvgIpc) is 2.47. The molecule has 0 aliphatic rings. The van der Waals surface area contributed by atoms with Crippen LogP contribution in [0.3, 0.4) is 0 Å². The Balaban J connectivity index is 2.02. The number of aliphatic hydroxyl groups excluding tert-OH is 1. The fourth-order valence-electron chi connectivity index (χ4n) is 2.32. The molecule has 0 saturated carbocycles. The van der Waals surface area contributed by atoms with E-state index in [-0.39, 0.29) is 6.61 Å². The Kier molecular flexibility index (Phi) is 3.54. The molecule has 3 aromatic rings. The zero-order chi connectivity index (χ0) is 14.8. The van der Waals surface area contributed by atoms with Crippen molar-refractivity contribution in [2.24, 2.45) is 0 Å². The second-order valence-corrected chi connectivity index (χ2v) is 4.99. The Morgan fingerprint density at radius 3 is 2.76 bits per heavy atom. The van der Waals surface area contributed by atoms with Crippen molar-refractivity contribution < 1.29 is 9.84 Å². The number of nitrogens with zero attached hydrogens (tertiary/aromatic N) is 2. The van der Waals surface area contributed by atoms with Crippen molar-refractivity contribution in [3.05, 3.63) is 59.4 Å². The zero-order valence-corrected chi connectivity index (χ0v) is 12.0. The van der Waals surface area contributed by atoms with Crippen molar-refractivity contribution in [3.63, 3.8) is 0 Å². The summed E-state index contributed by atoms with van der Waals surface area (Å²) in [6.45, 7) is 3.74. The minimum Gasteiger partial charge on any atom is -0.437 e. The summed E-state index contributed by atoms with van der Waals surface area (Å²) in [5, 5.41) is 10.5. The Bertz CT molecular complexity index is 800. The zero-order valence-electron chi connectivity index (χ0n) is 12.0. The molecular formula is C17H16N2O2. The third kappa shape index (κ3) is 2.71. The molecule has 21 heavy (non-hydrogen) atoms. The Morgan fingerprint density at radius 1 is 1.14 bits per heavy atom. The molecule has 0 fully saturated rings. The molecule has 1 N–H and O–H groups in total. The van der Waals surface area contributed by atoms with Crippen LogP contribution in [-0.2, 0) is 6.61 Å². The first kappa shape index (κ1) is 13.5. The van der Waals surface area contributed by atoms with E-state index in [0.29, 0.717) is 17.2 Å². The van der Waals surface area contributed by atoms with Crippen LogP contribution in [0.2, 0.25) is 0 Å². The van der Waals surface area contributed by atoms with Gasteiger partial charge in [-0.1, -0.05) is 18.2 Å². The lowest BCUT2D eigenvalue weighted by Gasteiger charge is -2.12. The summed E-state index contributed by atoms with van der Waals surface area (Å²) in [6, 6.07) is 11.7. The van der Waals surface area contributed by atoms with Gasteiger partial charge in [-0.3, -0.25) is 4.98 Å². The van der Waals surface area contributed by atoms with E-state index in [1.807, 2.05) is 50.2 Å². The van der Waals surface area contributed by atoms with Crippen LogP contribution in [0.15, 0.2) is 42.6 Å². The second-order valence-electron chi connectivity index (χ2n) is 4.99. The van der Waals surface area contributed by atoms with Crippen LogP contribution >= 0.6 is 0 Å². The summed E-state index contributed by atoms with van der Waals surface area (Å²) in [5.74, 6) is 1.05. The van der Waals surface area contributed by atoms with Gasteiger partial charge in [-0.15, -0.1) is 0 Å². The van der Waals surface area contributed by atoms with E-state index in [4.69, 9.17) is 4.74 Å². The van der Waals surface area contributed by atoms with Crippen molar-refractivity contribution in [1.82, 2.24) is 9.97 Å². The van der Waals surface area contributed by atoms with Gasteiger partial charge in [0.25, 0.3) is 0 Å². The number of rotatable bonds is 3. The van der Waals surface area contributed by atoms with Gasteiger partial charge < -0.3 is 9.84 Å². The van der Waals surface area contributed by atoms with Gasteiger partial charge in [0.05, 0.1) is 18.3 Å². The number of fused-ring (bicyclic) bond motifs is 1. The molecule has 0 amide bonds. The van der Waals surface area contributed by atoms with Crippen molar-refractivity contribution in [3.8, 4) is 11.6 Å². The second kappa shape index (κ2) is 5.50.